The summed E-state index contributed by atoms with van der Waals surface area (Å²) in [7, 11) is 0. The molecule has 0 spiro atoms. The Labute approximate surface area is 240 Å². The largest absolute Gasteiger partial charge is 0.394 e. The molecule has 20 atom stereocenters. The Kier molecular flexibility index (Phi) is 11.2. The average molecular weight is 619 g/mol. The Hall–Kier alpha value is -0.720. The van der Waals surface area contributed by atoms with Crippen molar-refractivity contribution in [2.24, 2.45) is 0 Å². The molecule has 1 unspecified atom stereocenters. The molecule has 4 aliphatic heterocycles. The summed E-state index contributed by atoms with van der Waals surface area (Å²) in [6, 6.07) is 0. The summed E-state index contributed by atoms with van der Waals surface area (Å²) in [5.41, 5.74) is 0. The number of aliphatic hydroxyl groups is 11. The van der Waals surface area contributed by atoms with Gasteiger partial charge in [-0.05, 0) is 20.8 Å². The quantitative estimate of drug-likeness (QED) is 0.126. The van der Waals surface area contributed by atoms with Gasteiger partial charge in [0, 0.05) is 0 Å². The van der Waals surface area contributed by atoms with Crippen LogP contribution in [0.15, 0.2) is 0 Å². The van der Waals surface area contributed by atoms with Crippen LogP contribution in [-0.4, -0.2) is 186 Å². The minimum atomic E-state index is -1.88. The molecule has 4 fully saturated rings. The molecule has 246 valence electrons. The van der Waals surface area contributed by atoms with Gasteiger partial charge in [0.2, 0.25) is 0 Å². The van der Waals surface area contributed by atoms with E-state index in [0.717, 1.165) is 0 Å². The van der Waals surface area contributed by atoms with Crippen LogP contribution in [0.5, 0.6) is 0 Å². The molecule has 4 saturated heterocycles. The lowest BCUT2D eigenvalue weighted by Gasteiger charge is -2.48. The first-order valence-corrected chi connectivity index (χ1v) is 13.7. The molecular formula is C24H42O18. The van der Waals surface area contributed by atoms with Gasteiger partial charge in [-0.15, -0.1) is 0 Å². The van der Waals surface area contributed by atoms with Crippen LogP contribution >= 0.6 is 0 Å². The fourth-order valence-corrected chi connectivity index (χ4v) is 5.39. The number of ether oxygens (including phenoxy) is 7. The molecule has 0 aromatic rings. The first kappa shape index (κ1) is 34.2. The van der Waals surface area contributed by atoms with Crippen LogP contribution in [0.2, 0.25) is 0 Å². The van der Waals surface area contributed by atoms with E-state index in [1.165, 1.54) is 20.8 Å². The SMILES string of the molecule is C[C@@H]1O[C@@H](O[C@@H]2[C@@H](O)[C@@H](O)[C@H](O[C@H]3[C@H](O)[C@@H](O[C@@H]4O[C@@H](C)[C@H](O)[C@@H](O)[C@H]4O)C(O)O[C@@H]3CO)O[C@H]2C)[C@H](O)[C@H](O)[C@H]1O. The maximum absolute atomic E-state index is 11.1. The number of hydrogen-bond donors (Lipinski definition) is 11. The van der Waals surface area contributed by atoms with Crippen molar-refractivity contribution >= 4 is 0 Å². The van der Waals surface area contributed by atoms with E-state index in [-0.39, 0.29) is 0 Å². The Morgan fingerprint density at radius 2 is 0.833 bits per heavy atom. The molecule has 0 amide bonds. The van der Waals surface area contributed by atoms with Crippen LogP contribution in [-0.2, 0) is 33.2 Å². The molecular weight excluding hydrogens is 576 g/mol. The third-order valence-electron chi connectivity index (χ3n) is 8.08. The summed E-state index contributed by atoms with van der Waals surface area (Å²) in [5.74, 6) is 0. The predicted octanol–water partition coefficient (Wildman–Crippen LogP) is -6.67. The molecule has 0 bridgehead atoms. The topological polar surface area (TPSA) is 287 Å². The summed E-state index contributed by atoms with van der Waals surface area (Å²) in [5, 5.41) is 113. The van der Waals surface area contributed by atoms with Crippen molar-refractivity contribution in [1.29, 1.82) is 0 Å². The van der Waals surface area contributed by atoms with E-state index in [9.17, 15) is 56.2 Å². The minimum Gasteiger partial charge on any atom is -0.394 e. The van der Waals surface area contributed by atoms with Crippen molar-refractivity contribution in [3.05, 3.63) is 0 Å². The van der Waals surface area contributed by atoms with Gasteiger partial charge in [0.25, 0.3) is 0 Å². The monoisotopic (exact) mass is 618 g/mol. The molecule has 0 radical (unpaired) electrons. The van der Waals surface area contributed by atoms with Crippen molar-refractivity contribution in [2.45, 2.75) is 144 Å². The van der Waals surface area contributed by atoms with Gasteiger partial charge in [0.05, 0.1) is 24.9 Å². The normalized spacial score (nSPS) is 55.9. The van der Waals surface area contributed by atoms with E-state index < -0.39 is 129 Å². The summed E-state index contributed by atoms with van der Waals surface area (Å²) in [4.78, 5) is 0. The van der Waals surface area contributed by atoms with Crippen LogP contribution in [0, 0.1) is 0 Å². The predicted molar refractivity (Wildman–Crippen MR) is 130 cm³/mol. The highest BCUT2D eigenvalue weighted by molar-refractivity contribution is 4.96. The Morgan fingerprint density at radius 3 is 1.31 bits per heavy atom. The van der Waals surface area contributed by atoms with E-state index >= 15 is 0 Å². The van der Waals surface area contributed by atoms with Crippen LogP contribution < -0.4 is 0 Å². The third-order valence-corrected chi connectivity index (χ3v) is 8.08. The van der Waals surface area contributed by atoms with Crippen molar-refractivity contribution in [2.75, 3.05) is 6.61 Å². The maximum atomic E-state index is 11.1. The molecule has 4 aliphatic rings. The van der Waals surface area contributed by atoms with Crippen LogP contribution in [0.25, 0.3) is 0 Å². The van der Waals surface area contributed by atoms with Crippen LogP contribution in [0.1, 0.15) is 20.8 Å². The third kappa shape index (κ3) is 6.62. The lowest BCUT2D eigenvalue weighted by atomic mass is 9.96. The molecule has 4 heterocycles. The molecule has 18 nitrogen and oxygen atoms in total. The molecule has 18 heteroatoms. The van der Waals surface area contributed by atoms with Gasteiger partial charge >= 0.3 is 0 Å². The minimum absolute atomic E-state index is 0.786. The highest BCUT2D eigenvalue weighted by atomic mass is 16.8. The molecule has 0 aromatic heterocycles. The van der Waals surface area contributed by atoms with Crippen molar-refractivity contribution in [3.8, 4) is 0 Å². The van der Waals surface area contributed by atoms with E-state index in [4.69, 9.17) is 33.2 Å². The first-order valence-electron chi connectivity index (χ1n) is 13.7. The van der Waals surface area contributed by atoms with Gasteiger partial charge in [-0.2, -0.15) is 0 Å². The molecule has 11 N–H and O–H groups in total. The van der Waals surface area contributed by atoms with Gasteiger partial charge in [-0.1, -0.05) is 0 Å². The highest BCUT2D eigenvalue weighted by Crippen LogP contribution is 2.34. The van der Waals surface area contributed by atoms with Gasteiger partial charge < -0.3 is 89.3 Å². The van der Waals surface area contributed by atoms with Crippen molar-refractivity contribution in [1.82, 2.24) is 0 Å². The molecule has 42 heavy (non-hydrogen) atoms. The van der Waals surface area contributed by atoms with E-state index in [1.54, 1.807) is 0 Å². The lowest BCUT2D eigenvalue weighted by molar-refractivity contribution is -0.387. The number of aliphatic hydroxyl groups excluding tert-OH is 11. The lowest BCUT2D eigenvalue weighted by Crippen LogP contribution is -2.66. The van der Waals surface area contributed by atoms with E-state index in [0.29, 0.717) is 0 Å². The Bertz CT molecular complexity index is 869. The Balaban J connectivity index is 1.43. The first-order chi connectivity index (χ1) is 19.7. The maximum Gasteiger partial charge on any atom is 0.187 e. The zero-order valence-electron chi connectivity index (χ0n) is 23.0. The molecule has 0 saturated carbocycles. The van der Waals surface area contributed by atoms with E-state index in [2.05, 4.69) is 0 Å². The summed E-state index contributed by atoms with van der Waals surface area (Å²) >= 11 is 0. The molecule has 4 rings (SSSR count). The number of hydrogen-bond acceptors (Lipinski definition) is 18. The average Bonchev–Trinajstić information content (AvgIpc) is 2.95. The van der Waals surface area contributed by atoms with Gasteiger partial charge in [-0.3, -0.25) is 0 Å². The second-order valence-corrected chi connectivity index (χ2v) is 11.1. The molecule has 0 aliphatic carbocycles. The van der Waals surface area contributed by atoms with Crippen molar-refractivity contribution in [3.63, 3.8) is 0 Å². The van der Waals surface area contributed by atoms with Gasteiger partial charge in [0.1, 0.15) is 79.4 Å². The Morgan fingerprint density at radius 1 is 0.429 bits per heavy atom. The van der Waals surface area contributed by atoms with E-state index in [1.807, 2.05) is 0 Å². The standard InChI is InChI=1S/C24H42O18/c1-5-9(26)11(28)14(31)22(36-5)40-18-7(3)38-24(16(33)13(18)30)41-19-8(4-25)39-21(35)20(17(19)34)42-23-15(32)12(29)10(27)6(2)37-23/h5-35H,4H2,1-3H3/t5-,6-,7-,8+,9-,10-,11+,12+,13-,14+,15+,16+,17-,18-,19+,20+,21?,22-,23-,24-/m0/s1. The second-order valence-electron chi connectivity index (χ2n) is 11.1. The summed E-state index contributed by atoms with van der Waals surface area (Å²) in [6.07, 6.45) is -30.6. The van der Waals surface area contributed by atoms with Gasteiger partial charge in [-0.25, -0.2) is 0 Å². The van der Waals surface area contributed by atoms with Gasteiger partial charge in [0.15, 0.2) is 25.2 Å². The fraction of sp³-hybridized carbons (Fsp3) is 1.00. The number of rotatable bonds is 7. The van der Waals surface area contributed by atoms with Crippen molar-refractivity contribution < 1.29 is 89.3 Å². The summed E-state index contributed by atoms with van der Waals surface area (Å²) < 4.78 is 38.5. The highest BCUT2D eigenvalue weighted by Gasteiger charge is 2.54. The van der Waals surface area contributed by atoms with Crippen LogP contribution in [0.3, 0.4) is 0 Å². The molecule has 0 aromatic carbocycles. The second kappa shape index (κ2) is 13.7. The van der Waals surface area contributed by atoms with Crippen LogP contribution in [0.4, 0.5) is 0 Å². The zero-order chi connectivity index (χ0) is 31.2. The fourth-order valence-electron chi connectivity index (χ4n) is 5.39. The smallest absolute Gasteiger partial charge is 0.187 e. The zero-order valence-corrected chi connectivity index (χ0v) is 23.0. The summed E-state index contributed by atoms with van der Waals surface area (Å²) in [6.45, 7) is 3.47.